The fourth-order valence-corrected chi connectivity index (χ4v) is 7.41. The molecule has 4 rings (SSSR count). The smallest absolute Gasteiger partial charge is 0.404 e. The van der Waals surface area contributed by atoms with E-state index < -0.39 is 105 Å². The van der Waals surface area contributed by atoms with Crippen molar-refractivity contribution >= 4 is 5.97 Å². The normalized spacial score (nSPS) is 36.7. The molecule has 0 spiro atoms. The molecule has 2 N–H and O–H groups in total. The van der Waals surface area contributed by atoms with Gasteiger partial charge in [-0.15, -0.1) is 0 Å². The van der Waals surface area contributed by atoms with Crippen molar-refractivity contribution in [2.24, 2.45) is 23.2 Å². The van der Waals surface area contributed by atoms with Gasteiger partial charge in [0.2, 0.25) is 11.3 Å². The number of carbonyl (C=O) groups excluding carboxylic acids is 1. The zero-order chi connectivity index (χ0) is 31.9. The number of ether oxygens (including phenoxy) is 1. The van der Waals surface area contributed by atoms with Crippen LogP contribution >= 0.6 is 0 Å². The maximum Gasteiger partial charge on any atom is 0.404 e. The van der Waals surface area contributed by atoms with Crippen LogP contribution in [-0.2, 0) is 16.1 Å². The third-order valence-corrected chi connectivity index (χ3v) is 9.24. The van der Waals surface area contributed by atoms with E-state index in [9.17, 15) is 37.0 Å². The van der Waals surface area contributed by atoms with Crippen molar-refractivity contribution < 1.29 is 68.0 Å². The highest BCUT2D eigenvalue weighted by Gasteiger charge is 3.05. The molecule has 7 atom stereocenters. The lowest BCUT2D eigenvalue weighted by Crippen LogP contribution is -2.67. The van der Waals surface area contributed by atoms with Gasteiger partial charge in [-0.05, 0) is 53.9 Å². The minimum Gasteiger partial charge on any atom is -0.494 e. The number of nitrogens with zero attached hydrogens (tertiary/aromatic N) is 1. The number of esters is 1. The van der Waals surface area contributed by atoms with Gasteiger partial charge in [0.05, 0.1) is 0 Å². The van der Waals surface area contributed by atoms with Crippen molar-refractivity contribution in [3.63, 3.8) is 0 Å². The predicted octanol–water partition coefficient (Wildman–Crippen LogP) is 6.82. The predicted molar refractivity (Wildman–Crippen MR) is 119 cm³/mol. The molecular weight excluding hydrogens is 587 g/mol. The molecule has 2 bridgehead atoms. The highest BCUT2D eigenvalue weighted by atomic mass is 19.4. The zero-order valence-corrected chi connectivity index (χ0v) is 22.5. The van der Waals surface area contributed by atoms with Crippen LogP contribution in [0.25, 0.3) is 0 Å². The molecule has 16 heteroatoms. The van der Waals surface area contributed by atoms with Crippen molar-refractivity contribution in [3.05, 3.63) is 11.1 Å². The van der Waals surface area contributed by atoms with Gasteiger partial charge in [0.15, 0.2) is 17.2 Å². The number of aromatic nitrogens is 1. The first-order valence-electron chi connectivity index (χ1n) is 12.6. The van der Waals surface area contributed by atoms with Gasteiger partial charge >= 0.3 is 29.9 Å². The van der Waals surface area contributed by atoms with E-state index >= 15 is 26.3 Å². The van der Waals surface area contributed by atoms with Gasteiger partial charge in [-0.3, -0.25) is 9.36 Å². The second-order valence-electron chi connectivity index (χ2n) is 12.3. The fourth-order valence-electron chi connectivity index (χ4n) is 7.41. The van der Waals surface area contributed by atoms with Crippen LogP contribution in [0.4, 0.5) is 48.3 Å². The molecule has 1 aromatic rings. The first-order valence-corrected chi connectivity index (χ1v) is 12.6. The lowest BCUT2D eigenvalue weighted by atomic mass is 9.55. The number of rotatable bonds is 4. The van der Waals surface area contributed by atoms with Crippen molar-refractivity contribution in [1.29, 1.82) is 0 Å². The van der Waals surface area contributed by atoms with Crippen LogP contribution in [0.5, 0.6) is 11.8 Å². The van der Waals surface area contributed by atoms with Gasteiger partial charge in [0.25, 0.3) is 0 Å². The van der Waals surface area contributed by atoms with Gasteiger partial charge < -0.3 is 14.9 Å². The quantitative estimate of drug-likeness (QED) is 0.288. The van der Waals surface area contributed by atoms with Crippen molar-refractivity contribution in [3.8, 4) is 11.8 Å². The average Bonchev–Trinajstić information content (AvgIpc) is 3.39. The molecule has 234 valence electrons. The Bertz CT molecular complexity index is 1290. The number of alkyl halides is 11. The molecule has 3 saturated carbocycles. The van der Waals surface area contributed by atoms with Gasteiger partial charge in [-0.1, -0.05) is 0 Å². The molecule has 0 aromatic carbocycles. The SMILES string of the molecule is CCn1c(O)c(C)c(C2C(C(C)(C(=O)OC(C)(C)C)C(F)(F)F)C3CC2C2(F)C(F)(F)C(F)(F)C(F)(F)C32F)c1O. The summed E-state index contributed by atoms with van der Waals surface area (Å²) in [5.74, 6) is -35.6. The van der Waals surface area contributed by atoms with Crippen LogP contribution in [0.3, 0.4) is 0 Å². The summed E-state index contributed by atoms with van der Waals surface area (Å²) in [6, 6.07) is 0. The van der Waals surface area contributed by atoms with Gasteiger partial charge in [0, 0.05) is 35.4 Å². The molecule has 0 aliphatic heterocycles. The maximum atomic E-state index is 16.4. The summed E-state index contributed by atoms with van der Waals surface area (Å²) in [5.41, 5.74) is -18.2. The highest BCUT2D eigenvalue weighted by molar-refractivity contribution is 5.79. The van der Waals surface area contributed by atoms with Crippen LogP contribution in [-0.4, -0.2) is 61.6 Å². The van der Waals surface area contributed by atoms with E-state index in [2.05, 4.69) is 0 Å². The maximum absolute atomic E-state index is 16.4. The number of hydrogen-bond donors (Lipinski definition) is 2. The zero-order valence-electron chi connectivity index (χ0n) is 22.5. The number of fused-ring (bicyclic) bond motifs is 5. The summed E-state index contributed by atoms with van der Waals surface area (Å²) in [6.07, 6.45) is -7.37. The molecule has 0 radical (unpaired) electrons. The van der Waals surface area contributed by atoms with Gasteiger partial charge in [-0.2, -0.15) is 39.5 Å². The molecule has 0 amide bonds. The largest absolute Gasteiger partial charge is 0.494 e. The average molecular weight is 615 g/mol. The Hall–Kier alpha value is -2.42. The van der Waals surface area contributed by atoms with E-state index in [1.54, 1.807) is 0 Å². The van der Waals surface area contributed by atoms with Gasteiger partial charge in [-0.25, -0.2) is 8.78 Å². The van der Waals surface area contributed by atoms with E-state index in [-0.39, 0.29) is 13.5 Å². The first kappa shape index (κ1) is 31.5. The Labute approximate surface area is 226 Å². The Morgan fingerprint density at radius 3 is 1.73 bits per heavy atom. The lowest BCUT2D eigenvalue weighted by Gasteiger charge is -2.51. The number of hydrogen-bond acceptors (Lipinski definition) is 4. The Kier molecular flexibility index (Phi) is 6.26. The summed E-state index contributed by atoms with van der Waals surface area (Å²) in [6.45, 7) is 5.47. The Balaban J connectivity index is 2.13. The Morgan fingerprint density at radius 1 is 0.878 bits per heavy atom. The molecule has 3 aliphatic rings. The van der Waals surface area contributed by atoms with Crippen LogP contribution in [0.15, 0.2) is 0 Å². The van der Waals surface area contributed by atoms with Crippen LogP contribution in [0, 0.1) is 30.1 Å². The molecule has 1 aromatic heterocycles. The fraction of sp³-hybridized carbons (Fsp3) is 0.800. The molecule has 3 aliphatic carbocycles. The topological polar surface area (TPSA) is 71.7 Å². The second kappa shape index (κ2) is 8.14. The third kappa shape index (κ3) is 3.17. The molecule has 5 nitrogen and oxygen atoms in total. The monoisotopic (exact) mass is 615 g/mol. The summed E-state index contributed by atoms with van der Waals surface area (Å²) >= 11 is 0. The Morgan fingerprint density at radius 2 is 1.34 bits per heavy atom. The van der Waals surface area contributed by atoms with Crippen molar-refractivity contribution in [2.75, 3.05) is 0 Å². The molecule has 1 heterocycles. The standard InChI is InChI=1S/C25H28F11NO4/c1-7-37-15(38)9(2)12(16(37)39)13-10-8-11(14(13)19(6,25(34,35)36)17(40)41-18(3,4)5)21(27)20(10,26)22(28,29)24(32,33)23(21,30)31/h10-11,13-14,38-39H,7-8H2,1-6H3. The second-order valence-corrected chi connectivity index (χ2v) is 12.3. The number of carbonyl (C=O) groups is 1. The van der Waals surface area contributed by atoms with E-state index in [0.29, 0.717) is 4.57 Å². The molecule has 3 fully saturated rings. The molecular formula is C25H28F11NO4. The molecule has 41 heavy (non-hydrogen) atoms. The highest BCUT2D eigenvalue weighted by Crippen LogP contribution is 2.84. The lowest BCUT2D eigenvalue weighted by molar-refractivity contribution is -0.300. The van der Waals surface area contributed by atoms with E-state index in [1.165, 1.54) is 6.92 Å². The van der Waals surface area contributed by atoms with Gasteiger partial charge in [0.1, 0.15) is 5.60 Å². The summed E-state index contributed by atoms with van der Waals surface area (Å²) < 4.78 is 172. The van der Waals surface area contributed by atoms with E-state index in [1.807, 2.05) is 0 Å². The van der Waals surface area contributed by atoms with Crippen LogP contribution < -0.4 is 0 Å². The summed E-state index contributed by atoms with van der Waals surface area (Å²) in [4.78, 5) is 13.2. The van der Waals surface area contributed by atoms with Crippen LogP contribution in [0.1, 0.15) is 58.1 Å². The van der Waals surface area contributed by atoms with Crippen molar-refractivity contribution in [1.82, 2.24) is 4.57 Å². The number of halogens is 11. The van der Waals surface area contributed by atoms with E-state index in [0.717, 1.165) is 27.7 Å². The van der Waals surface area contributed by atoms with E-state index in [4.69, 9.17) is 4.74 Å². The summed E-state index contributed by atoms with van der Waals surface area (Å²) in [7, 11) is 0. The summed E-state index contributed by atoms with van der Waals surface area (Å²) in [5, 5.41) is 21.3. The van der Waals surface area contributed by atoms with Crippen LogP contribution in [0.2, 0.25) is 0 Å². The van der Waals surface area contributed by atoms with Crippen molar-refractivity contribution in [2.45, 2.75) is 101 Å². The minimum atomic E-state index is -6.69. The molecule has 0 saturated heterocycles. The number of aromatic hydroxyl groups is 2. The first-order chi connectivity index (χ1) is 18.2. The minimum absolute atomic E-state index is 0.106. The third-order valence-electron chi connectivity index (χ3n) is 9.24. The molecule has 7 unspecified atom stereocenters.